The van der Waals surface area contributed by atoms with E-state index < -0.39 is 17.3 Å². The lowest BCUT2D eigenvalue weighted by atomic mass is 9.99. The molecule has 1 heterocycles. The lowest BCUT2D eigenvalue weighted by molar-refractivity contribution is -0.114. The molecule has 3 rings (SSSR count). The Morgan fingerprint density at radius 1 is 1.17 bits per heavy atom. The van der Waals surface area contributed by atoms with Gasteiger partial charge in [-0.25, -0.2) is 9.18 Å². The summed E-state index contributed by atoms with van der Waals surface area (Å²) in [4.78, 5) is 26.2. The Kier molecular flexibility index (Phi) is 6.51. The standard InChI is InChI=1S/C22H25ClFN3O3/c1-22(2,3)30-21(29)27-9-8-14-4-6-17(10-15(14)13-27)25-12-20(28)26-19-11-16(23)5-7-18(19)24/h4-7,10-11,25H,8-9,12-13H2,1-3H3,(H,26,28). The SMILES string of the molecule is CC(C)(C)OC(=O)N1CCc2ccc(NCC(=O)Nc3cc(Cl)ccc3F)cc2C1. The number of nitrogens with zero attached hydrogens (tertiary/aromatic N) is 1. The minimum Gasteiger partial charge on any atom is -0.444 e. The highest BCUT2D eigenvalue weighted by molar-refractivity contribution is 6.30. The zero-order chi connectivity index (χ0) is 21.9. The molecule has 1 aliphatic heterocycles. The van der Waals surface area contributed by atoms with Crippen LogP contribution in [0.3, 0.4) is 0 Å². The lowest BCUT2D eigenvalue weighted by Gasteiger charge is -2.31. The smallest absolute Gasteiger partial charge is 0.410 e. The Labute approximate surface area is 180 Å². The summed E-state index contributed by atoms with van der Waals surface area (Å²) >= 11 is 5.84. The number of amides is 2. The molecular formula is C22H25ClFN3O3. The van der Waals surface area contributed by atoms with Crippen molar-refractivity contribution in [2.75, 3.05) is 23.7 Å². The summed E-state index contributed by atoms with van der Waals surface area (Å²) < 4.78 is 19.2. The van der Waals surface area contributed by atoms with Crippen LogP contribution >= 0.6 is 11.6 Å². The summed E-state index contributed by atoms with van der Waals surface area (Å²) in [5.74, 6) is -0.951. The molecule has 0 bridgehead atoms. The van der Waals surface area contributed by atoms with E-state index in [-0.39, 0.29) is 18.3 Å². The van der Waals surface area contributed by atoms with Crippen LogP contribution in [0.2, 0.25) is 5.02 Å². The van der Waals surface area contributed by atoms with E-state index in [0.29, 0.717) is 18.1 Å². The van der Waals surface area contributed by atoms with Crippen molar-refractivity contribution in [2.24, 2.45) is 0 Å². The number of hydrogen-bond acceptors (Lipinski definition) is 4. The highest BCUT2D eigenvalue weighted by atomic mass is 35.5. The highest BCUT2D eigenvalue weighted by Gasteiger charge is 2.25. The van der Waals surface area contributed by atoms with Gasteiger partial charge in [0.1, 0.15) is 11.4 Å². The topological polar surface area (TPSA) is 70.7 Å². The van der Waals surface area contributed by atoms with Gasteiger partial charge in [0, 0.05) is 23.8 Å². The Morgan fingerprint density at radius 2 is 1.93 bits per heavy atom. The molecule has 0 aliphatic carbocycles. The van der Waals surface area contributed by atoms with Crippen molar-refractivity contribution in [1.82, 2.24) is 4.90 Å². The fourth-order valence-electron chi connectivity index (χ4n) is 3.12. The third kappa shape index (κ3) is 5.86. The molecule has 0 fully saturated rings. The molecule has 0 spiro atoms. The normalized spacial score (nSPS) is 13.4. The summed E-state index contributed by atoms with van der Waals surface area (Å²) in [5.41, 5.74) is 2.38. The Balaban J connectivity index is 1.60. The molecule has 0 saturated carbocycles. The van der Waals surface area contributed by atoms with Crippen molar-refractivity contribution in [1.29, 1.82) is 0 Å². The maximum Gasteiger partial charge on any atom is 0.410 e. The van der Waals surface area contributed by atoms with Crippen LogP contribution < -0.4 is 10.6 Å². The van der Waals surface area contributed by atoms with E-state index in [9.17, 15) is 14.0 Å². The largest absolute Gasteiger partial charge is 0.444 e. The summed E-state index contributed by atoms with van der Waals surface area (Å²) in [6.45, 7) is 6.52. The van der Waals surface area contributed by atoms with Gasteiger partial charge >= 0.3 is 6.09 Å². The second kappa shape index (κ2) is 8.92. The molecule has 0 saturated heterocycles. The van der Waals surface area contributed by atoms with Gasteiger partial charge in [-0.2, -0.15) is 0 Å². The monoisotopic (exact) mass is 433 g/mol. The first kappa shape index (κ1) is 21.9. The number of halogens is 2. The second-order valence-corrected chi connectivity index (χ2v) is 8.60. The molecule has 0 aromatic heterocycles. The molecule has 0 unspecified atom stereocenters. The Morgan fingerprint density at radius 3 is 2.67 bits per heavy atom. The number of benzene rings is 2. The first-order chi connectivity index (χ1) is 14.1. The molecule has 2 amide bonds. The number of rotatable bonds is 4. The second-order valence-electron chi connectivity index (χ2n) is 8.16. The number of ether oxygens (including phenoxy) is 1. The molecule has 0 atom stereocenters. The lowest BCUT2D eigenvalue weighted by Crippen LogP contribution is -2.39. The average Bonchev–Trinajstić information content (AvgIpc) is 2.67. The van der Waals surface area contributed by atoms with Gasteiger partial charge in [0.05, 0.1) is 12.2 Å². The molecule has 2 N–H and O–H groups in total. The van der Waals surface area contributed by atoms with Crippen LogP contribution in [0.1, 0.15) is 31.9 Å². The van der Waals surface area contributed by atoms with Crippen LogP contribution in [0.4, 0.5) is 20.6 Å². The molecule has 6 nitrogen and oxygen atoms in total. The van der Waals surface area contributed by atoms with E-state index in [1.54, 1.807) is 4.90 Å². The fourth-order valence-corrected chi connectivity index (χ4v) is 3.29. The third-order valence-electron chi connectivity index (χ3n) is 4.53. The highest BCUT2D eigenvalue weighted by Crippen LogP contribution is 2.24. The maximum atomic E-state index is 13.8. The van der Waals surface area contributed by atoms with Crippen molar-refractivity contribution in [2.45, 2.75) is 39.3 Å². The van der Waals surface area contributed by atoms with E-state index in [2.05, 4.69) is 10.6 Å². The van der Waals surface area contributed by atoms with Crippen LogP contribution in [-0.2, 0) is 22.5 Å². The van der Waals surface area contributed by atoms with E-state index in [1.807, 2.05) is 39.0 Å². The zero-order valence-electron chi connectivity index (χ0n) is 17.2. The van der Waals surface area contributed by atoms with E-state index in [0.717, 1.165) is 23.2 Å². The van der Waals surface area contributed by atoms with Crippen LogP contribution in [0.25, 0.3) is 0 Å². The molecule has 30 heavy (non-hydrogen) atoms. The van der Waals surface area contributed by atoms with Gasteiger partial charge in [0.2, 0.25) is 5.91 Å². The number of anilines is 2. The van der Waals surface area contributed by atoms with Crippen LogP contribution in [-0.4, -0.2) is 35.6 Å². The van der Waals surface area contributed by atoms with Gasteiger partial charge in [0.15, 0.2) is 0 Å². The van der Waals surface area contributed by atoms with Gasteiger partial charge in [0.25, 0.3) is 0 Å². The summed E-state index contributed by atoms with van der Waals surface area (Å²) in [5, 5.41) is 5.86. The molecule has 8 heteroatoms. The third-order valence-corrected chi connectivity index (χ3v) is 4.76. The molecule has 2 aromatic carbocycles. The van der Waals surface area contributed by atoms with Crippen molar-refractivity contribution in [3.8, 4) is 0 Å². The fraction of sp³-hybridized carbons (Fsp3) is 0.364. The van der Waals surface area contributed by atoms with Crippen molar-refractivity contribution in [3.63, 3.8) is 0 Å². The Hall–Kier alpha value is -2.80. The molecule has 2 aromatic rings. The molecular weight excluding hydrogens is 409 g/mol. The number of fused-ring (bicyclic) bond motifs is 1. The van der Waals surface area contributed by atoms with E-state index in [1.165, 1.54) is 18.2 Å². The predicted molar refractivity (Wildman–Crippen MR) is 115 cm³/mol. The summed E-state index contributed by atoms with van der Waals surface area (Å²) in [6.07, 6.45) is 0.401. The van der Waals surface area contributed by atoms with E-state index in [4.69, 9.17) is 16.3 Å². The number of carbonyl (C=O) groups excluding carboxylic acids is 2. The summed E-state index contributed by atoms with van der Waals surface area (Å²) in [7, 11) is 0. The van der Waals surface area contributed by atoms with Gasteiger partial charge in [-0.15, -0.1) is 0 Å². The first-order valence-corrected chi connectivity index (χ1v) is 10.1. The molecule has 160 valence electrons. The van der Waals surface area contributed by atoms with Crippen molar-refractivity contribution >= 4 is 35.0 Å². The number of nitrogens with one attached hydrogen (secondary N) is 2. The summed E-state index contributed by atoms with van der Waals surface area (Å²) in [6, 6.07) is 9.76. The number of carbonyl (C=O) groups is 2. The van der Waals surface area contributed by atoms with E-state index >= 15 is 0 Å². The van der Waals surface area contributed by atoms with Crippen LogP contribution in [0.5, 0.6) is 0 Å². The van der Waals surface area contributed by atoms with Crippen LogP contribution in [0.15, 0.2) is 36.4 Å². The van der Waals surface area contributed by atoms with Gasteiger partial charge < -0.3 is 20.3 Å². The van der Waals surface area contributed by atoms with Gasteiger partial charge in [-0.1, -0.05) is 17.7 Å². The van der Waals surface area contributed by atoms with Crippen molar-refractivity contribution in [3.05, 3.63) is 58.4 Å². The molecule has 0 radical (unpaired) electrons. The molecule has 1 aliphatic rings. The number of hydrogen-bond donors (Lipinski definition) is 2. The average molecular weight is 434 g/mol. The van der Waals surface area contributed by atoms with Crippen LogP contribution in [0, 0.1) is 5.82 Å². The van der Waals surface area contributed by atoms with Gasteiger partial charge in [-0.3, -0.25) is 4.79 Å². The Bertz CT molecular complexity index is 959. The first-order valence-electron chi connectivity index (χ1n) is 9.69. The predicted octanol–water partition coefficient (Wildman–Crippen LogP) is 4.82. The maximum absolute atomic E-state index is 13.8. The minimum atomic E-state index is -0.552. The zero-order valence-corrected chi connectivity index (χ0v) is 18.0. The van der Waals surface area contributed by atoms with Gasteiger partial charge in [-0.05, 0) is 68.7 Å². The minimum absolute atomic E-state index is 0.0349. The van der Waals surface area contributed by atoms with Crippen molar-refractivity contribution < 1.29 is 18.7 Å². The quantitative estimate of drug-likeness (QED) is 0.725.